The Balaban J connectivity index is 3.35. The van der Waals surface area contributed by atoms with Gasteiger partial charge in [-0.3, -0.25) is 4.79 Å². The Morgan fingerprint density at radius 1 is 1.10 bits per heavy atom. The third kappa shape index (κ3) is 5.03. The molecule has 1 aliphatic rings. The Morgan fingerprint density at radius 2 is 1.81 bits per heavy atom. The van der Waals surface area contributed by atoms with Crippen molar-refractivity contribution in [1.82, 2.24) is 10.2 Å². The lowest BCUT2D eigenvalue weighted by Crippen LogP contribution is -2.32. The van der Waals surface area contributed by atoms with Gasteiger partial charge in [-0.2, -0.15) is 0 Å². The normalized spacial score (nSPS) is 13.9. The zero-order chi connectivity index (χ0) is 15.5. The van der Waals surface area contributed by atoms with Crippen molar-refractivity contribution in [3.63, 3.8) is 0 Å². The minimum Gasteiger partial charge on any atom is -0.364 e. The van der Waals surface area contributed by atoms with Gasteiger partial charge < -0.3 is 10.2 Å². The van der Waals surface area contributed by atoms with Gasteiger partial charge in [-0.15, -0.1) is 6.42 Å². The summed E-state index contributed by atoms with van der Waals surface area (Å²) in [6, 6.07) is 0. The number of rotatable bonds is 2. The van der Waals surface area contributed by atoms with Crippen LogP contribution < -0.4 is 5.32 Å². The highest BCUT2D eigenvalue weighted by Gasteiger charge is 2.19. The van der Waals surface area contributed by atoms with Crippen molar-refractivity contribution in [3.8, 4) is 47.9 Å². The average Bonchev–Trinajstić information content (AvgIpc) is 2.54. The first-order valence-corrected chi connectivity index (χ1v) is 6.85. The van der Waals surface area contributed by atoms with Gasteiger partial charge >= 0.3 is 0 Å². The van der Waals surface area contributed by atoms with Crippen molar-refractivity contribution in [2.45, 2.75) is 26.2 Å². The predicted octanol–water partition coefficient (Wildman–Crippen LogP) is 1.14. The van der Waals surface area contributed by atoms with Crippen LogP contribution in [-0.4, -0.2) is 30.9 Å². The van der Waals surface area contributed by atoms with Crippen LogP contribution in [0.4, 0.5) is 0 Å². The van der Waals surface area contributed by atoms with E-state index in [0.717, 1.165) is 25.9 Å². The minimum atomic E-state index is -0.280. The van der Waals surface area contributed by atoms with Gasteiger partial charge in [0.1, 0.15) is 11.3 Å². The molecule has 106 valence electrons. The number of allylic oxidation sites excluding steroid dienone is 1. The molecule has 1 amide bonds. The summed E-state index contributed by atoms with van der Waals surface area (Å²) in [5, 5.41) is 2.59. The van der Waals surface area contributed by atoms with E-state index in [1.165, 1.54) is 6.42 Å². The lowest BCUT2D eigenvalue weighted by atomic mass is 10.1. The molecule has 1 N–H and O–H groups in total. The molecule has 0 radical (unpaired) electrons. The average molecular weight is 278 g/mol. The van der Waals surface area contributed by atoms with Gasteiger partial charge in [-0.25, -0.2) is 0 Å². The Hall–Kier alpha value is -2.75. The summed E-state index contributed by atoms with van der Waals surface area (Å²) < 4.78 is 0. The van der Waals surface area contributed by atoms with Crippen molar-refractivity contribution in [1.29, 1.82) is 0 Å². The number of amides is 1. The predicted molar refractivity (Wildman–Crippen MR) is 84.4 cm³/mol. The van der Waals surface area contributed by atoms with E-state index in [1.54, 1.807) is 14.0 Å². The monoisotopic (exact) mass is 278 g/mol. The van der Waals surface area contributed by atoms with Crippen LogP contribution in [0.2, 0.25) is 0 Å². The molecule has 1 fully saturated rings. The van der Waals surface area contributed by atoms with Gasteiger partial charge in [-0.05, 0) is 61.7 Å². The highest BCUT2D eigenvalue weighted by atomic mass is 16.1. The van der Waals surface area contributed by atoms with Crippen molar-refractivity contribution < 1.29 is 4.79 Å². The summed E-state index contributed by atoms with van der Waals surface area (Å²) in [6.07, 6.45) is 8.52. The van der Waals surface area contributed by atoms with E-state index in [0.29, 0.717) is 11.3 Å². The number of carbonyl (C=O) groups excluding carboxylic acids is 1. The van der Waals surface area contributed by atoms with Crippen LogP contribution >= 0.6 is 0 Å². The minimum absolute atomic E-state index is 0.280. The summed E-state index contributed by atoms with van der Waals surface area (Å²) in [4.78, 5) is 14.2. The number of likely N-dealkylation sites (tertiary alicyclic amines) is 1. The molecule has 0 aromatic heterocycles. The van der Waals surface area contributed by atoms with Crippen LogP contribution in [-0.2, 0) is 4.79 Å². The van der Waals surface area contributed by atoms with E-state index in [4.69, 9.17) is 6.42 Å². The largest absolute Gasteiger partial charge is 0.364 e. The first-order chi connectivity index (χ1) is 10.2. The molecule has 0 bridgehead atoms. The van der Waals surface area contributed by atoms with Crippen molar-refractivity contribution in [3.05, 3.63) is 11.3 Å². The number of hydrogen-bond acceptors (Lipinski definition) is 2. The summed E-state index contributed by atoms with van der Waals surface area (Å²) in [6.45, 7) is 3.44. The van der Waals surface area contributed by atoms with Crippen molar-refractivity contribution in [2.75, 3.05) is 20.1 Å². The van der Waals surface area contributed by atoms with Gasteiger partial charge in [0.2, 0.25) is 0 Å². The number of nitrogens with zero attached hydrogens (tertiary/aromatic N) is 1. The molecule has 0 unspecified atom stereocenters. The highest BCUT2D eigenvalue weighted by Crippen LogP contribution is 2.17. The van der Waals surface area contributed by atoms with E-state index in [-0.39, 0.29) is 5.91 Å². The molecule has 0 aliphatic carbocycles. The second-order valence-electron chi connectivity index (χ2n) is 4.37. The lowest BCUT2D eigenvalue weighted by Gasteiger charge is -2.29. The maximum atomic E-state index is 12.1. The summed E-state index contributed by atoms with van der Waals surface area (Å²) in [5.74, 6) is 18.3. The van der Waals surface area contributed by atoms with Crippen LogP contribution in [0.5, 0.6) is 0 Å². The fraction of sp³-hybridized carbons (Fsp3) is 0.389. The topological polar surface area (TPSA) is 32.3 Å². The molecular formula is C18H18N2O. The smallest absolute Gasteiger partial charge is 0.262 e. The van der Waals surface area contributed by atoms with Gasteiger partial charge in [0, 0.05) is 20.1 Å². The Labute approximate surface area is 127 Å². The van der Waals surface area contributed by atoms with E-state index >= 15 is 0 Å². The lowest BCUT2D eigenvalue weighted by molar-refractivity contribution is -0.116. The van der Waals surface area contributed by atoms with Gasteiger partial charge in [0.15, 0.2) is 0 Å². The first kappa shape index (κ1) is 16.3. The Bertz CT molecular complexity index is 639. The van der Waals surface area contributed by atoms with Gasteiger partial charge in [-0.1, -0.05) is 5.92 Å². The summed E-state index contributed by atoms with van der Waals surface area (Å²) >= 11 is 0. The summed E-state index contributed by atoms with van der Waals surface area (Å²) in [7, 11) is 1.56. The highest BCUT2D eigenvalue weighted by molar-refractivity contribution is 5.99. The van der Waals surface area contributed by atoms with Crippen molar-refractivity contribution >= 4 is 5.91 Å². The molecule has 0 saturated carbocycles. The standard InChI is InChI=1S/C18H18N2O/c1-4-6-9-13-17(20-14-10-8-11-15-20)16(12-7-5-2)18(21)19-3/h2H,8,10-11,14-15H2,1,3H3,(H,19,21)/b17-16-. The molecule has 0 spiro atoms. The van der Waals surface area contributed by atoms with Crippen LogP contribution in [0.1, 0.15) is 26.2 Å². The van der Waals surface area contributed by atoms with E-state index in [1.807, 2.05) is 0 Å². The van der Waals surface area contributed by atoms with E-state index in [9.17, 15) is 4.79 Å². The quantitative estimate of drug-likeness (QED) is 0.607. The van der Waals surface area contributed by atoms with Gasteiger partial charge in [0.25, 0.3) is 5.91 Å². The molecule has 3 heteroatoms. The van der Waals surface area contributed by atoms with Crippen LogP contribution in [0.3, 0.4) is 0 Å². The van der Waals surface area contributed by atoms with Crippen LogP contribution in [0.15, 0.2) is 11.3 Å². The fourth-order valence-corrected chi connectivity index (χ4v) is 2.02. The molecule has 3 nitrogen and oxygen atoms in total. The molecular weight excluding hydrogens is 260 g/mol. The maximum absolute atomic E-state index is 12.1. The SMILES string of the molecule is C#CC#C/C(C(=O)NC)=C(\C#CC#CC)N1CCCCC1. The molecule has 1 aliphatic heterocycles. The second kappa shape index (κ2) is 9.20. The summed E-state index contributed by atoms with van der Waals surface area (Å²) in [5.41, 5.74) is 0.919. The number of nitrogens with one attached hydrogen (secondary N) is 1. The van der Waals surface area contributed by atoms with E-state index < -0.39 is 0 Å². The molecule has 0 aromatic carbocycles. The van der Waals surface area contributed by atoms with Crippen LogP contribution in [0.25, 0.3) is 0 Å². The number of likely N-dealkylation sites (N-methyl/N-ethyl adjacent to an activating group) is 1. The number of piperidine rings is 1. The molecule has 1 saturated heterocycles. The zero-order valence-corrected chi connectivity index (χ0v) is 12.5. The number of hydrogen-bond donors (Lipinski definition) is 1. The molecule has 1 heterocycles. The Kier molecular flexibility index (Phi) is 7.14. The Morgan fingerprint density at radius 3 is 2.38 bits per heavy atom. The third-order valence-corrected chi connectivity index (χ3v) is 2.99. The molecule has 21 heavy (non-hydrogen) atoms. The molecule has 1 rings (SSSR count). The molecule has 0 atom stereocenters. The fourth-order valence-electron chi connectivity index (χ4n) is 2.02. The first-order valence-electron chi connectivity index (χ1n) is 6.85. The third-order valence-electron chi connectivity index (χ3n) is 2.99. The maximum Gasteiger partial charge on any atom is 0.262 e. The van der Waals surface area contributed by atoms with E-state index in [2.05, 4.69) is 51.7 Å². The van der Waals surface area contributed by atoms with Crippen molar-refractivity contribution in [2.24, 2.45) is 0 Å². The number of terminal acetylenes is 1. The molecule has 0 aromatic rings. The van der Waals surface area contributed by atoms with Crippen LogP contribution in [0, 0.1) is 47.9 Å². The number of carbonyl (C=O) groups is 1. The second-order valence-corrected chi connectivity index (χ2v) is 4.37. The zero-order valence-electron chi connectivity index (χ0n) is 12.5. The van der Waals surface area contributed by atoms with Gasteiger partial charge in [0.05, 0.1) is 0 Å².